The quantitative estimate of drug-likeness (QED) is 0.421. The highest BCUT2D eigenvalue weighted by Gasteiger charge is 2.30. The van der Waals surface area contributed by atoms with Gasteiger partial charge in [-0.15, -0.1) is 0 Å². The highest BCUT2D eigenvalue weighted by Crippen LogP contribution is 2.35. The van der Waals surface area contributed by atoms with E-state index in [2.05, 4.69) is 25.8 Å². The number of amidine groups is 1. The molecule has 30 heavy (non-hydrogen) atoms. The molecule has 1 amide bonds. The maximum atomic E-state index is 12.7. The monoisotopic (exact) mass is 424 g/mol. The van der Waals surface area contributed by atoms with Crippen molar-refractivity contribution in [1.82, 2.24) is 4.90 Å². The molecule has 2 aromatic carbocycles. The number of unbranched alkanes of at least 4 members (excludes halogenated alkanes) is 1. The van der Waals surface area contributed by atoms with Crippen molar-refractivity contribution in [2.45, 2.75) is 33.6 Å². The molecule has 0 bridgehead atoms. The van der Waals surface area contributed by atoms with Crippen molar-refractivity contribution < 1.29 is 14.3 Å². The molecule has 2 aromatic rings. The van der Waals surface area contributed by atoms with Crippen LogP contribution >= 0.6 is 11.8 Å². The van der Waals surface area contributed by atoms with Crippen LogP contribution in [0.2, 0.25) is 0 Å². The summed E-state index contributed by atoms with van der Waals surface area (Å²) in [5.74, 6) is 1.31. The largest absolute Gasteiger partial charge is 0.493 e. The molecular weight excluding hydrogens is 396 g/mol. The van der Waals surface area contributed by atoms with Gasteiger partial charge >= 0.3 is 0 Å². The molecule has 0 atom stereocenters. The zero-order valence-corrected chi connectivity index (χ0v) is 19.0. The Labute approximate surface area is 182 Å². The fraction of sp³-hybridized carbons (Fsp3) is 0.333. The Bertz CT molecular complexity index is 998. The number of thioether (sulfide) groups is 1. The first kappa shape index (κ1) is 22.0. The van der Waals surface area contributed by atoms with Gasteiger partial charge in [0.1, 0.15) is 0 Å². The summed E-state index contributed by atoms with van der Waals surface area (Å²) in [7, 11) is 3.37. The van der Waals surface area contributed by atoms with Crippen LogP contribution in [0.4, 0.5) is 5.69 Å². The number of benzene rings is 2. The smallest absolute Gasteiger partial charge is 0.266 e. The van der Waals surface area contributed by atoms with Crippen LogP contribution in [0.5, 0.6) is 11.5 Å². The average molecular weight is 425 g/mol. The van der Waals surface area contributed by atoms with Gasteiger partial charge in [-0.3, -0.25) is 9.69 Å². The summed E-state index contributed by atoms with van der Waals surface area (Å²) in [6.07, 6.45) is 3.94. The average Bonchev–Trinajstić information content (AvgIpc) is 2.99. The van der Waals surface area contributed by atoms with E-state index in [1.165, 1.54) is 22.9 Å². The molecule has 0 unspecified atom stereocenters. The second-order valence-electron chi connectivity index (χ2n) is 7.25. The standard InChI is InChI=1S/C24H28N2O3S/c1-6-7-12-29-20-11-9-18(14-21(20)28-5)15-22-23(27)26(4)24(30-22)25-19-10-8-16(2)17(3)13-19/h8-11,13-15H,6-7,12H2,1-5H3/b22-15+,25-24?. The van der Waals surface area contributed by atoms with E-state index in [1.807, 2.05) is 42.5 Å². The minimum Gasteiger partial charge on any atom is -0.493 e. The summed E-state index contributed by atoms with van der Waals surface area (Å²) in [5.41, 5.74) is 4.13. The number of carbonyl (C=O) groups excluding carboxylic acids is 1. The van der Waals surface area contributed by atoms with Gasteiger partial charge in [-0.2, -0.15) is 0 Å². The third kappa shape index (κ3) is 5.05. The van der Waals surface area contributed by atoms with Crippen LogP contribution in [0, 0.1) is 13.8 Å². The maximum absolute atomic E-state index is 12.7. The Morgan fingerprint density at radius 3 is 2.60 bits per heavy atom. The summed E-state index contributed by atoms with van der Waals surface area (Å²) < 4.78 is 11.3. The van der Waals surface area contributed by atoms with Gasteiger partial charge in [-0.05, 0) is 79.1 Å². The van der Waals surface area contributed by atoms with Crippen molar-refractivity contribution >= 4 is 34.6 Å². The maximum Gasteiger partial charge on any atom is 0.266 e. The third-order valence-corrected chi connectivity index (χ3v) is 6.02. The van der Waals surface area contributed by atoms with E-state index in [-0.39, 0.29) is 5.91 Å². The fourth-order valence-corrected chi connectivity index (χ4v) is 3.92. The zero-order chi connectivity index (χ0) is 21.7. The predicted molar refractivity (Wildman–Crippen MR) is 125 cm³/mol. The molecule has 0 aromatic heterocycles. The minimum atomic E-state index is -0.0650. The zero-order valence-electron chi connectivity index (χ0n) is 18.2. The molecule has 1 heterocycles. The number of nitrogens with zero attached hydrogens (tertiary/aromatic N) is 2. The van der Waals surface area contributed by atoms with Gasteiger partial charge in [0.15, 0.2) is 16.7 Å². The molecule has 1 aliphatic heterocycles. The van der Waals surface area contributed by atoms with E-state index < -0.39 is 0 Å². The van der Waals surface area contributed by atoms with Crippen LogP contribution in [0.25, 0.3) is 6.08 Å². The number of hydrogen-bond acceptors (Lipinski definition) is 5. The Kier molecular flexibility index (Phi) is 7.21. The van der Waals surface area contributed by atoms with E-state index in [0.717, 1.165) is 24.1 Å². The molecule has 0 spiro atoms. The number of likely N-dealkylation sites (N-methyl/N-ethyl adjacent to an activating group) is 1. The molecule has 1 fully saturated rings. The second-order valence-corrected chi connectivity index (χ2v) is 8.26. The lowest BCUT2D eigenvalue weighted by atomic mass is 10.1. The molecule has 0 saturated carbocycles. The first-order valence-electron chi connectivity index (χ1n) is 10.1. The van der Waals surface area contributed by atoms with Crippen LogP contribution in [0.15, 0.2) is 46.3 Å². The van der Waals surface area contributed by atoms with E-state index in [0.29, 0.717) is 28.2 Å². The summed E-state index contributed by atoms with van der Waals surface area (Å²) in [4.78, 5) is 19.6. The van der Waals surface area contributed by atoms with Crippen molar-refractivity contribution in [2.24, 2.45) is 4.99 Å². The SMILES string of the molecule is CCCCOc1ccc(/C=C2/SC(=Nc3ccc(C)c(C)c3)N(C)C2=O)cc1OC. The summed E-state index contributed by atoms with van der Waals surface area (Å²) in [5, 5.41) is 0.668. The van der Waals surface area contributed by atoms with E-state index in [4.69, 9.17) is 9.47 Å². The van der Waals surface area contributed by atoms with Crippen molar-refractivity contribution in [2.75, 3.05) is 20.8 Å². The summed E-state index contributed by atoms with van der Waals surface area (Å²) in [6, 6.07) is 11.8. The topological polar surface area (TPSA) is 51.1 Å². The lowest BCUT2D eigenvalue weighted by Crippen LogP contribution is -2.23. The number of aliphatic imine (C=N–C) groups is 1. The van der Waals surface area contributed by atoms with Gasteiger partial charge < -0.3 is 9.47 Å². The van der Waals surface area contributed by atoms with Gasteiger partial charge in [-0.25, -0.2) is 4.99 Å². The van der Waals surface area contributed by atoms with E-state index in [9.17, 15) is 4.79 Å². The summed E-state index contributed by atoms with van der Waals surface area (Å²) in [6.45, 7) is 6.91. The van der Waals surface area contributed by atoms with E-state index in [1.54, 1.807) is 19.1 Å². The minimum absolute atomic E-state index is 0.0650. The van der Waals surface area contributed by atoms with Gasteiger partial charge in [0.2, 0.25) is 0 Å². The van der Waals surface area contributed by atoms with Crippen LogP contribution in [-0.2, 0) is 4.79 Å². The Morgan fingerprint density at radius 2 is 1.90 bits per heavy atom. The van der Waals surface area contributed by atoms with Crippen LogP contribution in [0.1, 0.15) is 36.5 Å². The predicted octanol–water partition coefficient (Wildman–Crippen LogP) is 5.72. The van der Waals surface area contributed by atoms with Gasteiger partial charge in [-0.1, -0.05) is 25.5 Å². The lowest BCUT2D eigenvalue weighted by molar-refractivity contribution is -0.121. The van der Waals surface area contributed by atoms with Gasteiger partial charge in [0.25, 0.3) is 5.91 Å². The van der Waals surface area contributed by atoms with Crippen molar-refractivity contribution in [3.63, 3.8) is 0 Å². The van der Waals surface area contributed by atoms with Crippen LogP contribution in [-0.4, -0.2) is 36.7 Å². The van der Waals surface area contributed by atoms with E-state index >= 15 is 0 Å². The fourth-order valence-electron chi connectivity index (χ4n) is 2.93. The normalized spacial score (nSPS) is 16.6. The molecule has 0 aliphatic carbocycles. The number of hydrogen-bond donors (Lipinski definition) is 0. The molecule has 0 radical (unpaired) electrons. The number of carbonyl (C=O) groups is 1. The number of ether oxygens (including phenoxy) is 2. The van der Waals surface area contributed by atoms with Crippen LogP contribution < -0.4 is 9.47 Å². The van der Waals surface area contributed by atoms with Gasteiger partial charge in [0, 0.05) is 7.05 Å². The third-order valence-electron chi connectivity index (χ3n) is 4.96. The Balaban J connectivity index is 1.82. The second kappa shape index (κ2) is 9.85. The molecule has 5 nitrogen and oxygen atoms in total. The first-order valence-corrected chi connectivity index (χ1v) is 10.9. The molecule has 3 rings (SSSR count). The highest BCUT2D eigenvalue weighted by molar-refractivity contribution is 8.18. The molecule has 1 aliphatic rings. The molecule has 158 valence electrons. The lowest BCUT2D eigenvalue weighted by Gasteiger charge is -2.11. The van der Waals surface area contributed by atoms with Crippen molar-refractivity contribution in [3.05, 3.63) is 58.0 Å². The summed E-state index contributed by atoms with van der Waals surface area (Å²) >= 11 is 1.38. The first-order chi connectivity index (χ1) is 14.4. The molecule has 0 N–H and O–H groups in total. The number of aryl methyl sites for hydroxylation is 2. The molecule has 6 heteroatoms. The van der Waals surface area contributed by atoms with Gasteiger partial charge in [0.05, 0.1) is 24.3 Å². The van der Waals surface area contributed by atoms with Crippen molar-refractivity contribution in [1.29, 1.82) is 0 Å². The number of rotatable bonds is 7. The molecule has 1 saturated heterocycles. The molecular formula is C24H28N2O3S. The Hall–Kier alpha value is -2.73. The number of amides is 1. The Morgan fingerprint density at radius 1 is 1.10 bits per heavy atom. The van der Waals surface area contributed by atoms with Crippen LogP contribution in [0.3, 0.4) is 0 Å². The highest BCUT2D eigenvalue weighted by atomic mass is 32.2. The number of methoxy groups -OCH3 is 1. The van der Waals surface area contributed by atoms with Crippen molar-refractivity contribution in [3.8, 4) is 11.5 Å².